The third kappa shape index (κ3) is 2.40. The van der Waals surface area contributed by atoms with Crippen molar-refractivity contribution in [3.05, 3.63) is 29.6 Å². The first-order chi connectivity index (χ1) is 9.14. The van der Waals surface area contributed by atoms with E-state index in [9.17, 15) is 9.59 Å². The van der Waals surface area contributed by atoms with Crippen molar-refractivity contribution in [2.45, 2.75) is 52.2 Å². The zero-order valence-corrected chi connectivity index (χ0v) is 12.7. The summed E-state index contributed by atoms with van der Waals surface area (Å²) in [6.07, 6.45) is 3.50. The summed E-state index contributed by atoms with van der Waals surface area (Å²) >= 11 is 0. The van der Waals surface area contributed by atoms with Crippen LogP contribution in [0.2, 0.25) is 0 Å². The number of pyridine rings is 1. The summed E-state index contributed by atoms with van der Waals surface area (Å²) in [5.41, 5.74) is 0.227. The second kappa shape index (κ2) is 4.58. The van der Waals surface area contributed by atoms with Crippen molar-refractivity contribution in [1.29, 1.82) is 0 Å². The molecule has 0 atom stereocenters. The number of aromatic nitrogens is 1. The largest absolute Gasteiger partial charge is 0.340 e. The van der Waals surface area contributed by atoms with Crippen LogP contribution in [0.1, 0.15) is 38.8 Å². The molecule has 1 N–H and O–H groups in total. The molecule has 0 saturated carbocycles. The van der Waals surface area contributed by atoms with Crippen LogP contribution in [0.4, 0.5) is 0 Å². The molecule has 1 aliphatic rings. The van der Waals surface area contributed by atoms with E-state index >= 15 is 0 Å². The lowest BCUT2D eigenvalue weighted by atomic mass is 9.89. The first-order valence-electron chi connectivity index (χ1n) is 6.70. The predicted molar refractivity (Wildman–Crippen MR) is 75.8 cm³/mol. The van der Waals surface area contributed by atoms with Gasteiger partial charge in [-0.1, -0.05) is 6.07 Å². The molecule has 0 aliphatic carbocycles. The maximum absolute atomic E-state index is 12.6. The van der Waals surface area contributed by atoms with Crippen LogP contribution >= 0.6 is 0 Å². The van der Waals surface area contributed by atoms with Crippen molar-refractivity contribution in [1.82, 2.24) is 15.2 Å². The molecule has 5 heteroatoms. The molecule has 1 aromatic rings. The number of aryl methyl sites for hydroxylation is 1. The molecule has 20 heavy (non-hydrogen) atoms. The van der Waals surface area contributed by atoms with Crippen LogP contribution in [0.25, 0.3) is 0 Å². The standard InChI is InChI=1S/C15H21N3O2/c1-10-6-11(8-16-7-10)9-18-13(20)14(2,3)17-12(19)15(18,4)5/h6-8H,9H2,1-5H3,(H,17,19). The highest BCUT2D eigenvalue weighted by Crippen LogP contribution is 2.27. The minimum Gasteiger partial charge on any atom is -0.340 e. The van der Waals surface area contributed by atoms with Gasteiger partial charge in [0.1, 0.15) is 11.1 Å². The topological polar surface area (TPSA) is 62.3 Å². The fraction of sp³-hybridized carbons (Fsp3) is 0.533. The first-order valence-corrected chi connectivity index (χ1v) is 6.70. The summed E-state index contributed by atoms with van der Waals surface area (Å²) in [6.45, 7) is 9.32. The van der Waals surface area contributed by atoms with Crippen LogP contribution in [-0.2, 0) is 16.1 Å². The summed E-state index contributed by atoms with van der Waals surface area (Å²) in [5, 5.41) is 2.78. The highest BCUT2D eigenvalue weighted by atomic mass is 16.2. The van der Waals surface area contributed by atoms with Crippen molar-refractivity contribution < 1.29 is 9.59 Å². The van der Waals surface area contributed by atoms with Crippen LogP contribution in [0.3, 0.4) is 0 Å². The van der Waals surface area contributed by atoms with Crippen molar-refractivity contribution >= 4 is 11.8 Å². The van der Waals surface area contributed by atoms with Crippen molar-refractivity contribution in [3.8, 4) is 0 Å². The molecule has 1 aliphatic heterocycles. The number of carbonyl (C=O) groups is 2. The van der Waals surface area contributed by atoms with E-state index in [1.807, 2.05) is 13.0 Å². The summed E-state index contributed by atoms with van der Waals surface area (Å²) < 4.78 is 0. The van der Waals surface area contributed by atoms with Gasteiger partial charge in [0.15, 0.2) is 0 Å². The van der Waals surface area contributed by atoms with Gasteiger partial charge in [0, 0.05) is 18.9 Å². The minimum atomic E-state index is -0.871. The Morgan fingerprint density at radius 1 is 1.20 bits per heavy atom. The van der Waals surface area contributed by atoms with E-state index < -0.39 is 11.1 Å². The smallest absolute Gasteiger partial charge is 0.248 e. The van der Waals surface area contributed by atoms with E-state index in [2.05, 4.69) is 10.3 Å². The molecule has 0 spiro atoms. The Labute approximate surface area is 119 Å². The Bertz CT molecular complexity index is 564. The third-order valence-electron chi connectivity index (χ3n) is 3.71. The van der Waals surface area contributed by atoms with Gasteiger partial charge < -0.3 is 10.2 Å². The quantitative estimate of drug-likeness (QED) is 0.887. The highest BCUT2D eigenvalue weighted by molar-refractivity contribution is 6.01. The number of nitrogens with zero attached hydrogens (tertiary/aromatic N) is 2. The Morgan fingerprint density at radius 3 is 2.45 bits per heavy atom. The van der Waals surface area contributed by atoms with E-state index in [0.29, 0.717) is 6.54 Å². The molecule has 0 unspecified atom stereocenters. The summed E-state index contributed by atoms with van der Waals surface area (Å²) in [4.78, 5) is 30.6. The molecule has 1 fully saturated rings. The fourth-order valence-corrected chi connectivity index (χ4v) is 2.36. The van der Waals surface area contributed by atoms with E-state index in [1.165, 1.54) is 0 Å². The van der Waals surface area contributed by atoms with E-state index in [4.69, 9.17) is 0 Å². The van der Waals surface area contributed by atoms with Gasteiger partial charge in [0.05, 0.1) is 0 Å². The zero-order valence-electron chi connectivity index (χ0n) is 12.7. The minimum absolute atomic E-state index is 0.0800. The van der Waals surface area contributed by atoms with Gasteiger partial charge in [0.2, 0.25) is 11.8 Å². The maximum atomic E-state index is 12.6. The van der Waals surface area contributed by atoms with Crippen LogP contribution in [0.15, 0.2) is 18.5 Å². The molecule has 2 amide bonds. The van der Waals surface area contributed by atoms with Gasteiger partial charge in [-0.15, -0.1) is 0 Å². The molecule has 5 nitrogen and oxygen atoms in total. The Kier molecular flexibility index (Phi) is 3.32. The second-order valence-corrected chi connectivity index (χ2v) is 6.40. The van der Waals surface area contributed by atoms with Gasteiger partial charge in [0.25, 0.3) is 0 Å². The number of nitrogens with one attached hydrogen (secondary N) is 1. The Balaban J connectivity index is 2.36. The van der Waals surface area contributed by atoms with Crippen molar-refractivity contribution in [3.63, 3.8) is 0 Å². The van der Waals surface area contributed by atoms with Crippen LogP contribution in [-0.4, -0.2) is 32.8 Å². The number of piperazine rings is 1. The summed E-state index contributed by atoms with van der Waals surface area (Å²) in [5.74, 6) is -0.216. The normalized spacial score (nSPS) is 20.8. The molecule has 2 heterocycles. The molecule has 0 radical (unpaired) electrons. The van der Waals surface area contributed by atoms with E-state index in [-0.39, 0.29) is 11.8 Å². The number of carbonyl (C=O) groups excluding carboxylic acids is 2. The van der Waals surface area contributed by atoms with Gasteiger partial charge >= 0.3 is 0 Å². The van der Waals surface area contributed by atoms with Gasteiger partial charge in [-0.2, -0.15) is 0 Å². The number of hydrogen-bond donors (Lipinski definition) is 1. The predicted octanol–water partition coefficient (Wildman–Crippen LogP) is 1.41. The molecule has 2 rings (SSSR count). The molecule has 108 valence electrons. The summed E-state index contributed by atoms with van der Waals surface area (Å²) in [7, 11) is 0. The lowest BCUT2D eigenvalue weighted by Crippen LogP contribution is -2.71. The van der Waals surface area contributed by atoms with Crippen LogP contribution < -0.4 is 5.32 Å². The lowest BCUT2D eigenvalue weighted by molar-refractivity contribution is -0.160. The summed E-state index contributed by atoms with van der Waals surface area (Å²) in [6, 6.07) is 1.98. The number of amides is 2. The average molecular weight is 275 g/mol. The lowest BCUT2D eigenvalue weighted by Gasteiger charge is -2.47. The zero-order chi connectivity index (χ0) is 15.1. The number of hydrogen-bond acceptors (Lipinski definition) is 3. The number of rotatable bonds is 2. The molecule has 0 bridgehead atoms. The molecular formula is C15H21N3O2. The highest BCUT2D eigenvalue weighted by Gasteiger charge is 2.49. The second-order valence-electron chi connectivity index (χ2n) is 6.40. The van der Waals surface area contributed by atoms with Gasteiger partial charge in [-0.3, -0.25) is 14.6 Å². The molecular weight excluding hydrogens is 254 g/mol. The maximum Gasteiger partial charge on any atom is 0.248 e. The van der Waals surface area contributed by atoms with Crippen molar-refractivity contribution in [2.24, 2.45) is 0 Å². The van der Waals surface area contributed by atoms with E-state index in [1.54, 1.807) is 45.0 Å². The van der Waals surface area contributed by atoms with Gasteiger partial charge in [-0.05, 0) is 45.7 Å². The van der Waals surface area contributed by atoms with E-state index in [0.717, 1.165) is 11.1 Å². The average Bonchev–Trinajstić information content (AvgIpc) is 2.33. The van der Waals surface area contributed by atoms with Crippen LogP contribution in [0, 0.1) is 6.92 Å². The Morgan fingerprint density at radius 2 is 1.85 bits per heavy atom. The third-order valence-corrected chi connectivity index (χ3v) is 3.71. The molecule has 0 aromatic carbocycles. The van der Waals surface area contributed by atoms with Gasteiger partial charge in [-0.25, -0.2) is 0 Å². The van der Waals surface area contributed by atoms with Crippen LogP contribution in [0.5, 0.6) is 0 Å². The fourth-order valence-electron chi connectivity index (χ4n) is 2.36. The monoisotopic (exact) mass is 275 g/mol. The SMILES string of the molecule is Cc1cncc(CN2C(=O)C(C)(C)NC(=O)C2(C)C)c1. The molecule has 1 saturated heterocycles. The molecule has 1 aromatic heterocycles. The first kappa shape index (κ1) is 14.5. The van der Waals surface area contributed by atoms with Crippen molar-refractivity contribution in [2.75, 3.05) is 0 Å². The Hall–Kier alpha value is -1.91.